The molecular formula is C17H18N2O5S. The van der Waals surface area contributed by atoms with Crippen molar-refractivity contribution in [2.45, 2.75) is 32.6 Å². The number of fused-ring (bicyclic) bond motifs is 1. The van der Waals surface area contributed by atoms with Gasteiger partial charge in [0.1, 0.15) is 5.78 Å². The number of rotatable bonds is 3. The van der Waals surface area contributed by atoms with E-state index in [0.717, 1.165) is 5.70 Å². The van der Waals surface area contributed by atoms with Crippen LogP contribution in [-0.2, 0) is 14.3 Å². The molecule has 8 heteroatoms. The molecule has 7 nitrogen and oxygen atoms in total. The Morgan fingerprint density at radius 1 is 1.40 bits per heavy atom. The summed E-state index contributed by atoms with van der Waals surface area (Å²) in [4.78, 5) is 37.0. The van der Waals surface area contributed by atoms with E-state index in [2.05, 4.69) is 5.32 Å². The van der Waals surface area contributed by atoms with Gasteiger partial charge in [-0.15, -0.1) is 11.3 Å². The fraction of sp³-hybridized carbons (Fsp3) is 0.412. The van der Waals surface area contributed by atoms with Crippen LogP contribution >= 0.6 is 11.3 Å². The first-order valence-corrected chi connectivity index (χ1v) is 8.70. The minimum absolute atomic E-state index is 0.00851. The molecule has 2 unspecified atom stereocenters. The summed E-state index contributed by atoms with van der Waals surface area (Å²) >= 11 is 1.25. The van der Waals surface area contributed by atoms with E-state index in [1.807, 2.05) is 6.08 Å². The van der Waals surface area contributed by atoms with Crippen LogP contribution in [0.5, 0.6) is 0 Å². The maximum Gasteiger partial charge on any atom is 0.336 e. The number of nitro groups is 1. The van der Waals surface area contributed by atoms with Crippen LogP contribution in [-0.4, -0.2) is 23.8 Å². The number of nitrogens with one attached hydrogen (secondary N) is 1. The Labute approximate surface area is 148 Å². The number of Topliss-reactive ketones (excluding diaryl/α,β-unsaturated/α-hetero) is 1. The lowest BCUT2D eigenvalue weighted by Gasteiger charge is -2.37. The van der Waals surface area contributed by atoms with E-state index in [-0.39, 0.29) is 11.5 Å². The summed E-state index contributed by atoms with van der Waals surface area (Å²) in [6, 6.07) is 1.48. The Morgan fingerprint density at radius 2 is 2.12 bits per heavy atom. The van der Waals surface area contributed by atoms with Gasteiger partial charge in [-0.1, -0.05) is 6.08 Å². The summed E-state index contributed by atoms with van der Waals surface area (Å²) in [7, 11) is 1.29. The second-order valence-electron chi connectivity index (χ2n) is 6.12. The Bertz CT molecular complexity index is 836. The predicted octanol–water partition coefficient (Wildman–Crippen LogP) is 2.96. The molecule has 0 saturated carbocycles. The number of esters is 1. The second-order valence-corrected chi connectivity index (χ2v) is 7.41. The van der Waals surface area contributed by atoms with E-state index < -0.39 is 22.7 Å². The highest BCUT2D eigenvalue weighted by Crippen LogP contribution is 2.47. The van der Waals surface area contributed by atoms with Crippen molar-refractivity contribution in [3.63, 3.8) is 0 Å². The lowest BCUT2D eigenvalue weighted by Crippen LogP contribution is -2.40. The van der Waals surface area contributed by atoms with Crippen LogP contribution in [0.4, 0.5) is 5.69 Å². The first-order chi connectivity index (χ1) is 11.8. The van der Waals surface area contributed by atoms with Crippen molar-refractivity contribution in [2.75, 3.05) is 7.11 Å². The van der Waals surface area contributed by atoms with Crippen LogP contribution in [0.2, 0.25) is 0 Å². The van der Waals surface area contributed by atoms with Crippen LogP contribution in [0.1, 0.15) is 35.4 Å². The molecule has 0 amide bonds. The zero-order chi connectivity index (χ0) is 18.3. The van der Waals surface area contributed by atoms with Crippen molar-refractivity contribution < 1.29 is 19.2 Å². The largest absolute Gasteiger partial charge is 0.466 e. The fourth-order valence-corrected chi connectivity index (χ4v) is 4.67. The van der Waals surface area contributed by atoms with Gasteiger partial charge in [-0.2, -0.15) is 0 Å². The van der Waals surface area contributed by atoms with Crippen molar-refractivity contribution in [2.24, 2.45) is 5.92 Å². The number of allylic oxidation sites excluding steroid dienone is 3. The van der Waals surface area contributed by atoms with Gasteiger partial charge >= 0.3 is 5.97 Å². The molecule has 0 fully saturated rings. The van der Waals surface area contributed by atoms with Crippen molar-refractivity contribution >= 4 is 28.8 Å². The van der Waals surface area contributed by atoms with Crippen LogP contribution < -0.4 is 5.32 Å². The standard InChI is InChI=1S/C17H18N2O5S/c1-8-14(17(21)24-3)16(13-7-11(19(22)23)9(2)25-13)15-10(18-8)5-4-6-12(15)20/h5,7,15-16,18H,4,6H2,1-3H3. The molecule has 25 heavy (non-hydrogen) atoms. The number of nitrogens with zero attached hydrogens (tertiary/aromatic N) is 1. The van der Waals surface area contributed by atoms with Crippen LogP contribution in [0.3, 0.4) is 0 Å². The Hall–Kier alpha value is -2.48. The van der Waals surface area contributed by atoms with Crippen molar-refractivity contribution in [3.8, 4) is 0 Å². The van der Waals surface area contributed by atoms with E-state index in [4.69, 9.17) is 4.74 Å². The minimum Gasteiger partial charge on any atom is -0.466 e. The van der Waals surface area contributed by atoms with Crippen molar-refractivity contribution in [1.82, 2.24) is 5.32 Å². The highest BCUT2D eigenvalue weighted by Gasteiger charge is 2.44. The number of carbonyl (C=O) groups excluding carboxylic acids is 2. The van der Waals surface area contributed by atoms with Gasteiger partial charge in [0.25, 0.3) is 5.69 Å². The normalized spacial score (nSPS) is 22.8. The molecule has 0 aromatic carbocycles. The number of thiophene rings is 1. The second kappa shape index (κ2) is 6.44. The number of methoxy groups -OCH3 is 1. The third-order valence-corrected chi connectivity index (χ3v) is 5.76. The highest BCUT2D eigenvalue weighted by molar-refractivity contribution is 7.12. The summed E-state index contributed by atoms with van der Waals surface area (Å²) in [5.74, 6) is -1.60. The summed E-state index contributed by atoms with van der Waals surface area (Å²) < 4.78 is 4.91. The Balaban J connectivity index is 2.20. The number of hydrogen-bond acceptors (Lipinski definition) is 7. The van der Waals surface area contributed by atoms with Gasteiger partial charge in [-0.3, -0.25) is 14.9 Å². The average molecular weight is 362 g/mol. The quantitative estimate of drug-likeness (QED) is 0.504. The third-order valence-electron chi connectivity index (χ3n) is 4.64. The van der Waals surface area contributed by atoms with Gasteiger partial charge in [0, 0.05) is 34.7 Å². The third kappa shape index (κ3) is 2.86. The van der Waals surface area contributed by atoms with Crippen LogP contribution in [0.15, 0.2) is 29.1 Å². The van der Waals surface area contributed by atoms with Crippen LogP contribution in [0, 0.1) is 23.0 Å². The SMILES string of the molecule is COC(=O)C1=C(C)NC2=CCCC(=O)C2C1c1cc([N+](=O)[O-])c(C)s1. The van der Waals surface area contributed by atoms with E-state index in [1.165, 1.54) is 24.5 Å². The molecule has 0 saturated heterocycles. The van der Waals surface area contributed by atoms with Gasteiger partial charge in [-0.05, 0) is 20.3 Å². The van der Waals surface area contributed by atoms with E-state index >= 15 is 0 Å². The maximum absolute atomic E-state index is 12.6. The molecule has 0 bridgehead atoms. The van der Waals surface area contributed by atoms with E-state index in [0.29, 0.717) is 33.9 Å². The van der Waals surface area contributed by atoms with Crippen molar-refractivity contribution in [3.05, 3.63) is 49.0 Å². The summed E-state index contributed by atoms with van der Waals surface area (Å²) in [5, 5.41) is 14.4. The molecule has 0 spiro atoms. The number of ketones is 1. The molecule has 0 radical (unpaired) electrons. The molecule has 1 aliphatic carbocycles. The number of aryl methyl sites for hydroxylation is 1. The molecule has 1 aliphatic heterocycles. The maximum atomic E-state index is 12.6. The highest BCUT2D eigenvalue weighted by atomic mass is 32.1. The van der Waals surface area contributed by atoms with Gasteiger partial charge < -0.3 is 10.1 Å². The average Bonchev–Trinajstić information content (AvgIpc) is 2.95. The zero-order valence-corrected chi connectivity index (χ0v) is 14.9. The molecule has 2 atom stereocenters. The molecule has 3 rings (SSSR count). The minimum atomic E-state index is -0.565. The summed E-state index contributed by atoms with van der Waals surface area (Å²) in [5.41, 5.74) is 1.74. The first kappa shape index (κ1) is 17.3. The van der Waals surface area contributed by atoms with Gasteiger partial charge in [0.05, 0.1) is 28.4 Å². The fourth-order valence-electron chi connectivity index (χ4n) is 3.53. The molecule has 1 aromatic heterocycles. The van der Waals surface area contributed by atoms with E-state index in [1.54, 1.807) is 13.8 Å². The monoisotopic (exact) mass is 362 g/mol. The number of hydrogen-bond donors (Lipinski definition) is 1. The molecule has 2 heterocycles. The molecular weight excluding hydrogens is 344 g/mol. The van der Waals surface area contributed by atoms with Gasteiger partial charge in [0.15, 0.2) is 0 Å². The zero-order valence-electron chi connectivity index (χ0n) is 14.1. The van der Waals surface area contributed by atoms with E-state index in [9.17, 15) is 19.7 Å². The molecule has 2 aliphatic rings. The molecule has 1 N–H and O–H groups in total. The lowest BCUT2D eigenvalue weighted by molar-refractivity contribution is -0.385. The lowest BCUT2D eigenvalue weighted by atomic mass is 9.73. The predicted molar refractivity (Wildman–Crippen MR) is 92.1 cm³/mol. The Morgan fingerprint density at radius 3 is 2.72 bits per heavy atom. The smallest absolute Gasteiger partial charge is 0.336 e. The van der Waals surface area contributed by atoms with Crippen LogP contribution in [0.25, 0.3) is 0 Å². The number of ether oxygens (including phenoxy) is 1. The number of carbonyl (C=O) groups is 2. The summed E-state index contributed by atoms with van der Waals surface area (Å²) in [6.07, 6.45) is 3.01. The summed E-state index contributed by atoms with van der Waals surface area (Å²) in [6.45, 7) is 3.42. The topological polar surface area (TPSA) is 98.5 Å². The Kier molecular flexibility index (Phi) is 4.47. The van der Waals surface area contributed by atoms with Gasteiger partial charge in [-0.25, -0.2) is 4.79 Å². The molecule has 1 aromatic rings. The molecule has 132 valence electrons. The van der Waals surface area contributed by atoms with Crippen molar-refractivity contribution in [1.29, 1.82) is 0 Å². The first-order valence-electron chi connectivity index (χ1n) is 7.88. The van der Waals surface area contributed by atoms with Gasteiger partial charge in [0.2, 0.25) is 0 Å².